The summed E-state index contributed by atoms with van der Waals surface area (Å²) in [6.07, 6.45) is 8.23. The number of nitrogens with one attached hydrogen (secondary N) is 1. The van der Waals surface area contributed by atoms with Crippen LogP contribution in [-0.2, 0) is 0 Å². The van der Waals surface area contributed by atoms with Crippen LogP contribution in [0.2, 0.25) is 0 Å². The molecule has 90 valence electrons. The summed E-state index contributed by atoms with van der Waals surface area (Å²) < 4.78 is 1.22. The Morgan fingerprint density at radius 3 is 2.88 bits per heavy atom. The van der Waals surface area contributed by atoms with Gasteiger partial charge in [0.05, 0.1) is 3.79 Å². The highest BCUT2D eigenvalue weighted by Crippen LogP contribution is 2.28. The van der Waals surface area contributed by atoms with Crippen LogP contribution in [0.4, 0.5) is 0 Å². The van der Waals surface area contributed by atoms with Gasteiger partial charge in [0.2, 0.25) is 0 Å². The van der Waals surface area contributed by atoms with E-state index in [0.29, 0.717) is 6.04 Å². The highest BCUT2D eigenvalue weighted by molar-refractivity contribution is 9.11. The van der Waals surface area contributed by atoms with Gasteiger partial charge in [0, 0.05) is 6.04 Å². The summed E-state index contributed by atoms with van der Waals surface area (Å²) in [4.78, 5) is 0. The van der Waals surface area contributed by atoms with E-state index in [1.165, 1.54) is 35.0 Å². The van der Waals surface area contributed by atoms with Crippen LogP contribution in [0.15, 0.2) is 27.9 Å². The molecule has 16 heavy (non-hydrogen) atoms. The summed E-state index contributed by atoms with van der Waals surface area (Å²) in [5, 5.41) is 5.62. The van der Waals surface area contributed by atoms with Crippen molar-refractivity contribution >= 4 is 27.3 Å². The minimum absolute atomic E-state index is 0.506. The summed E-state index contributed by atoms with van der Waals surface area (Å²) in [5.41, 5.74) is 1.41. The largest absolute Gasteiger partial charge is 0.313 e. The predicted molar refractivity (Wildman–Crippen MR) is 77.1 cm³/mol. The highest BCUT2D eigenvalue weighted by Gasteiger charge is 2.10. The van der Waals surface area contributed by atoms with Gasteiger partial charge in [-0.2, -0.15) is 0 Å². The van der Waals surface area contributed by atoms with E-state index >= 15 is 0 Å². The smallest absolute Gasteiger partial charge is 0.0701 e. The Bertz CT molecular complexity index is 309. The zero-order valence-electron chi connectivity index (χ0n) is 9.84. The van der Waals surface area contributed by atoms with Crippen LogP contribution in [0, 0.1) is 0 Å². The summed E-state index contributed by atoms with van der Waals surface area (Å²) >= 11 is 5.27. The van der Waals surface area contributed by atoms with Gasteiger partial charge < -0.3 is 5.32 Å². The van der Waals surface area contributed by atoms with Gasteiger partial charge >= 0.3 is 0 Å². The van der Waals surface area contributed by atoms with Crippen LogP contribution in [0.25, 0.3) is 0 Å². The van der Waals surface area contributed by atoms with E-state index in [-0.39, 0.29) is 0 Å². The first kappa shape index (κ1) is 13.9. The van der Waals surface area contributed by atoms with Crippen molar-refractivity contribution in [2.24, 2.45) is 0 Å². The number of hydrogen-bond donors (Lipinski definition) is 1. The quantitative estimate of drug-likeness (QED) is 0.531. The molecule has 0 aliphatic heterocycles. The van der Waals surface area contributed by atoms with Crippen molar-refractivity contribution in [1.29, 1.82) is 0 Å². The monoisotopic (exact) mass is 301 g/mol. The van der Waals surface area contributed by atoms with Gasteiger partial charge in [0.25, 0.3) is 0 Å². The lowest BCUT2D eigenvalue weighted by molar-refractivity contribution is 0.509. The Kier molecular flexibility index (Phi) is 7.01. The van der Waals surface area contributed by atoms with E-state index in [2.05, 4.69) is 39.3 Å². The Labute approximate surface area is 111 Å². The van der Waals surface area contributed by atoms with Crippen LogP contribution in [0.5, 0.6) is 0 Å². The molecular formula is C13H20BrNS. The van der Waals surface area contributed by atoms with Crippen molar-refractivity contribution in [3.05, 3.63) is 33.5 Å². The zero-order valence-corrected chi connectivity index (χ0v) is 12.2. The fraction of sp³-hybridized carbons (Fsp3) is 0.538. The second-order valence-corrected chi connectivity index (χ2v) is 6.24. The van der Waals surface area contributed by atoms with Gasteiger partial charge in [-0.05, 0) is 59.2 Å². The van der Waals surface area contributed by atoms with E-state index in [9.17, 15) is 0 Å². The fourth-order valence-corrected chi connectivity index (χ4v) is 3.03. The van der Waals surface area contributed by atoms with Gasteiger partial charge in [-0.1, -0.05) is 18.9 Å². The van der Waals surface area contributed by atoms with Crippen molar-refractivity contribution in [2.45, 2.75) is 38.1 Å². The molecule has 3 heteroatoms. The molecule has 0 aliphatic rings. The molecule has 0 fully saturated rings. The molecule has 1 aromatic rings. The molecule has 0 radical (unpaired) electrons. The van der Waals surface area contributed by atoms with Crippen molar-refractivity contribution in [2.75, 3.05) is 7.05 Å². The first-order chi connectivity index (χ1) is 7.77. The third kappa shape index (κ3) is 4.81. The number of halogens is 1. The summed E-state index contributed by atoms with van der Waals surface area (Å²) in [6, 6.07) is 2.72. The molecule has 1 N–H and O–H groups in total. The molecule has 0 bridgehead atoms. The maximum absolute atomic E-state index is 3.74. The van der Waals surface area contributed by atoms with E-state index < -0.39 is 0 Å². The van der Waals surface area contributed by atoms with E-state index in [0.717, 1.165) is 6.42 Å². The molecule has 1 unspecified atom stereocenters. The first-order valence-electron chi connectivity index (χ1n) is 5.80. The molecule has 0 saturated carbocycles. The van der Waals surface area contributed by atoms with Gasteiger partial charge in [0.1, 0.15) is 0 Å². The van der Waals surface area contributed by atoms with Crippen molar-refractivity contribution in [3.8, 4) is 0 Å². The molecule has 1 aromatic heterocycles. The van der Waals surface area contributed by atoms with Crippen LogP contribution in [0.3, 0.4) is 0 Å². The number of hydrogen-bond acceptors (Lipinski definition) is 2. The minimum atomic E-state index is 0.506. The normalized spacial score (nSPS) is 12.6. The number of unbranched alkanes of at least 4 members (excludes halogenated alkanes) is 3. The maximum atomic E-state index is 3.74. The van der Waals surface area contributed by atoms with Crippen molar-refractivity contribution in [3.63, 3.8) is 0 Å². The summed E-state index contributed by atoms with van der Waals surface area (Å²) in [6.45, 7) is 3.74. The predicted octanol–water partition coefficient (Wildman–Crippen LogP) is 4.91. The summed E-state index contributed by atoms with van der Waals surface area (Å²) in [7, 11) is 2.04. The maximum Gasteiger partial charge on any atom is 0.0701 e. The van der Waals surface area contributed by atoms with E-state index in [1.807, 2.05) is 13.1 Å². The van der Waals surface area contributed by atoms with Crippen LogP contribution < -0.4 is 5.32 Å². The molecule has 1 heterocycles. The Morgan fingerprint density at radius 2 is 2.31 bits per heavy atom. The lowest BCUT2D eigenvalue weighted by Gasteiger charge is -2.14. The molecule has 0 spiro atoms. The molecule has 1 nitrogen and oxygen atoms in total. The zero-order chi connectivity index (χ0) is 11.8. The van der Waals surface area contributed by atoms with E-state index in [1.54, 1.807) is 11.3 Å². The SMILES string of the molecule is C=CCCCCCC(NC)c1csc(Br)c1. The second kappa shape index (κ2) is 8.04. The lowest BCUT2D eigenvalue weighted by Crippen LogP contribution is -2.15. The number of rotatable bonds is 8. The van der Waals surface area contributed by atoms with Gasteiger partial charge in [0.15, 0.2) is 0 Å². The van der Waals surface area contributed by atoms with Crippen molar-refractivity contribution < 1.29 is 0 Å². The van der Waals surface area contributed by atoms with Gasteiger partial charge in [-0.15, -0.1) is 17.9 Å². The summed E-state index contributed by atoms with van der Waals surface area (Å²) in [5.74, 6) is 0. The average molecular weight is 302 g/mol. The molecule has 0 amide bonds. The van der Waals surface area contributed by atoms with Gasteiger partial charge in [-0.3, -0.25) is 0 Å². The number of thiophene rings is 1. The Balaban J connectivity index is 2.29. The third-order valence-electron chi connectivity index (χ3n) is 2.74. The van der Waals surface area contributed by atoms with Crippen LogP contribution >= 0.6 is 27.3 Å². The standard InChI is InChI=1S/C13H20BrNS/c1-3-4-5-6-7-8-12(15-2)11-9-13(14)16-10-11/h3,9-10,12,15H,1,4-8H2,2H3. The molecule has 0 aromatic carbocycles. The van der Waals surface area contributed by atoms with Crippen molar-refractivity contribution in [1.82, 2.24) is 5.32 Å². The van der Waals surface area contributed by atoms with Crippen LogP contribution in [-0.4, -0.2) is 7.05 Å². The molecule has 0 saturated heterocycles. The minimum Gasteiger partial charge on any atom is -0.313 e. The second-order valence-electron chi connectivity index (χ2n) is 3.95. The van der Waals surface area contributed by atoms with Gasteiger partial charge in [-0.25, -0.2) is 0 Å². The number of allylic oxidation sites excluding steroid dienone is 1. The highest BCUT2D eigenvalue weighted by atomic mass is 79.9. The fourth-order valence-electron chi connectivity index (χ4n) is 1.80. The Morgan fingerprint density at radius 1 is 1.50 bits per heavy atom. The first-order valence-corrected chi connectivity index (χ1v) is 7.47. The van der Waals surface area contributed by atoms with E-state index in [4.69, 9.17) is 0 Å². The average Bonchev–Trinajstić information content (AvgIpc) is 2.70. The topological polar surface area (TPSA) is 12.0 Å². The molecule has 0 aliphatic carbocycles. The Hall–Kier alpha value is -0.120. The molecular weight excluding hydrogens is 282 g/mol. The van der Waals surface area contributed by atoms with Crippen LogP contribution in [0.1, 0.15) is 43.7 Å². The third-order valence-corrected chi connectivity index (χ3v) is 4.26. The molecule has 1 atom stereocenters. The molecule has 1 rings (SSSR count). The lowest BCUT2D eigenvalue weighted by atomic mass is 10.0.